The Balaban J connectivity index is 2.39. The van der Waals surface area contributed by atoms with Crippen molar-refractivity contribution in [1.29, 1.82) is 0 Å². The highest BCUT2D eigenvalue weighted by Crippen LogP contribution is 2.64. The number of anilines is 1. The molecule has 0 aliphatic carbocycles. The van der Waals surface area contributed by atoms with Gasteiger partial charge in [0.25, 0.3) is 5.91 Å². The Morgan fingerprint density at radius 1 is 0.575 bits per heavy atom. The van der Waals surface area contributed by atoms with E-state index in [-0.39, 0.29) is 9.92 Å². The van der Waals surface area contributed by atoms with Crippen molar-refractivity contribution in [3.05, 3.63) is 29.3 Å². The predicted molar refractivity (Wildman–Crippen MR) is 106 cm³/mol. The van der Waals surface area contributed by atoms with Crippen LogP contribution < -0.4 is 4.90 Å². The fraction of sp³-hybridized carbons (Fsp3) is 0.632. The normalized spacial score (nSPS) is 17.4. The molecule has 0 N–H and O–H groups in total. The number of rotatable bonds is 9. The maximum absolute atomic E-state index is 14.3. The SMILES string of the molecule is O=C(N1CCN(c2ccc(Cl)cc2)CC1)C(F)(F)C(F)(F)C(F)(F)C(F)(F)C(F)(F)C(F)(F)C(F)(F)C(F)(F)Cl. The topological polar surface area (TPSA) is 23.6 Å². The van der Waals surface area contributed by atoms with Crippen molar-refractivity contribution in [3.8, 4) is 0 Å². The minimum atomic E-state index is -8.62. The van der Waals surface area contributed by atoms with E-state index in [4.69, 9.17) is 11.6 Å². The average molecular weight is 659 g/mol. The van der Waals surface area contributed by atoms with Crippen LogP contribution in [0.5, 0.6) is 0 Å². The smallest absolute Gasteiger partial charge is 0.368 e. The molecular weight excluding hydrogens is 647 g/mol. The quantitative estimate of drug-likeness (QED) is 0.206. The molecule has 1 aromatic carbocycles. The van der Waals surface area contributed by atoms with Crippen molar-refractivity contribution in [2.45, 2.75) is 46.8 Å². The van der Waals surface area contributed by atoms with Crippen LogP contribution in [-0.4, -0.2) is 83.8 Å². The number of amides is 1. The molecule has 40 heavy (non-hydrogen) atoms. The number of alkyl halides is 17. The highest BCUT2D eigenvalue weighted by Gasteiger charge is 2.95. The van der Waals surface area contributed by atoms with Crippen molar-refractivity contribution in [2.75, 3.05) is 31.1 Å². The molecule has 0 spiro atoms. The van der Waals surface area contributed by atoms with Gasteiger partial charge in [0, 0.05) is 36.9 Å². The molecular formula is C19H12Cl2F16N2O. The third kappa shape index (κ3) is 4.87. The lowest BCUT2D eigenvalue weighted by Gasteiger charge is -2.43. The number of piperazine rings is 1. The first kappa shape index (κ1) is 34.2. The summed E-state index contributed by atoms with van der Waals surface area (Å²) >= 11 is 9.14. The van der Waals surface area contributed by atoms with Crippen LogP contribution in [0.3, 0.4) is 0 Å². The Morgan fingerprint density at radius 2 is 0.925 bits per heavy atom. The fourth-order valence-electron chi connectivity index (χ4n) is 3.32. The van der Waals surface area contributed by atoms with Gasteiger partial charge < -0.3 is 9.80 Å². The molecule has 0 aromatic heterocycles. The largest absolute Gasteiger partial charge is 0.393 e. The summed E-state index contributed by atoms with van der Waals surface area (Å²) in [5.74, 6) is -60.2. The van der Waals surface area contributed by atoms with Crippen LogP contribution in [0.25, 0.3) is 0 Å². The number of carbonyl (C=O) groups is 1. The number of nitrogens with zero attached hydrogens (tertiary/aromatic N) is 2. The van der Waals surface area contributed by atoms with E-state index in [1.807, 2.05) is 0 Å². The van der Waals surface area contributed by atoms with Gasteiger partial charge in [-0.2, -0.15) is 70.2 Å². The van der Waals surface area contributed by atoms with E-state index in [9.17, 15) is 75.0 Å². The molecule has 0 saturated carbocycles. The molecule has 0 unspecified atom stereocenters. The second kappa shape index (κ2) is 10.0. The predicted octanol–water partition coefficient (Wildman–Crippen LogP) is 7.27. The minimum Gasteiger partial charge on any atom is -0.368 e. The zero-order chi connectivity index (χ0) is 31.5. The number of hydrogen-bond acceptors (Lipinski definition) is 2. The van der Waals surface area contributed by atoms with Gasteiger partial charge in [0.2, 0.25) is 0 Å². The summed E-state index contributed by atoms with van der Waals surface area (Å²) in [5, 5.41) is -6.61. The van der Waals surface area contributed by atoms with Gasteiger partial charge in [-0.3, -0.25) is 4.79 Å². The maximum Gasteiger partial charge on any atom is 0.393 e. The van der Waals surface area contributed by atoms with E-state index in [0.29, 0.717) is 5.69 Å². The standard InChI is InChI=1S/C19H12Cl2F16N2O/c20-9-1-3-10(4-2-9)38-5-7-39(8-6-38)11(40)12(22,23)13(24,25)14(26,27)15(28,29)16(30,31)17(32,33)18(34,35)19(21,36)37/h1-4H,5-8H2. The van der Waals surface area contributed by atoms with Gasteiger partial charge in [-0.25, -0.2) is 0 Å². The summed E-state index contributed by atoms with van der Waals surface area (Å²) in [7, 11) is 0. The van der Waals surface area contributed by atoms with E-state index in [1.165, 1.54) is 29.2 Å². The summed E-state index contributed by atoms with van der Waals surface area (Å²) in [6, 6.07) is 5.47. The first-order valence-corrected chi connectivity index (χ1v) is 10.9. The van der Waals surface area contributed by atoms with Gasteiger partial charge in [-0.1, -0.05) is 11.6 Å². The molecule has 230 valence electrons. The zero-order valence-electron chi connectivity index (χ0n) is 18.7. The zero-order valence-corrected chi connectivity index (χ0v) is 20.3. The summed E-state index contributed by atoms with van der Waals surface area (Å²) < 4.78 is 218. The van der Waals surface area contributed by atoms with Gasteiger partial charge in [0.05, 0.1) is 0 Å². The molecule has 3 nitrogen and oxygen atoms in total. The highest BCUT2D eigenvalue weighted by molar-refractivity contribution is 6.30. The molecule has 0 atom stereocenters. The summed E-state index contributed by atoms with van der Waals surface area (Å²) in [6.07, 6.45) is 0. The Labute approximate surface area is 222 Å². The highest BCUT2D eigenvalue weighted by atomic mass is 35.5. The second-order valence-corrected chi connectivity index (χ2v) is 9.19. The molecule has 1 amide bonds. The molecule has 0 bridgehead atoms. The van der Waals surface area contributed by atoms with Crippen LogP contribution in [0.15, 0.2) is 24.3 Å². The van der Waals surface area contributed by atoms with Crippen LogP contribution in [-0.2, 0) is 4.79 Å². The summed E-state index contributed by atoms with van der Waals surface area (Å²) in [6.45, 7) is -2.87. The van der Waals surface area contributed by atoms with E-state index in [1.54, 1.807) is 0 Å². The van der Waals surface area contributed by atoms with E-state index in [0.717, 1.165) is 0 Å². The first-order chi connectivity index (χ1) is 17.6. The first-order valence-electron chi connectivity index (χ1n) is 10.1. The van der Waals surface area contributed by atoms with Crippen LogP contribution >= 0.6 is 23.2 Å². The molecule has 1 saturated heterocycles. The van der Waals surface area contributed by atoms with E-state index in [2.05, 4.69) is 11.6 Å². The van der Waals surface area contributed by atoms with Gasteiger partial charge in [0.15, 0.2) is 0 Å². The van der Waals surface area contributed by atoms with Crippen molar-refractivity contribution in [1.82, 2.24) is 4.90 Å². The lowest BCUT2D eigenvalue weighted by atomic mass is 9.88. The third-order valence-corrected chi connectivity index (χ3v) is 6.24. The van der Waals surface area contributed by atoms with Crippen LogP contribution in [0.1, 0.15) is 0 Å². The Hall–Kier alpha value is -2.05. The number of carbonyl (C=O) groups excluding carboxylic acids is 1. The molecule has 0 radical (unpaired) electrons. The molecule has 1 fully saturated rings. The molecule has 1 aromatic rings. The lowest BCUT2D eigenvalue weighted by Crippen LogP contribution is -2.75. The van der Waals surface area contributed by atoms with Gasteiger partial charge in [-0.05, 0) is 35.9 Å². The minimum absolute atomic E-state index is 0.251. The molecule has 2 rings (SSSR count). The van der Waals surface area contributed by atoms with Crippen molar-refractivity contribution in [3.63, 3.8) is 0 Å². The van der Waals surface area contributed by atoms with Crippen molar-refractivity contribution >= 4 is 34.8 Å². The molecule has 1 heterocycles. The summed E-state index contributed by atoms with van der Waals surface area (Å²) in [5.41, 5.74) is 0.335. The number of hydrogen-bond donors (Lipinski definition) is 0. The molecule has 21 heteroatoms. The third-order valence-electron chi connectivity index (χ3n) is 5.75. The Kier molecular flexibility index (Phi) is 8.58. The van der Waals surface area contributed by atoms with Gasteiger partial charge in [0.1, 0.15) is 0 Å². The molecule has 1 aliphatic heterocycles. The van der Waals surface area contributed by atoms with Crippen LogP contribution in [0.4, 0.5) is 75.9 Å². The maximum atomic E-state index is 14.3. The monoisotopic (exact) mass is 658 g/mol. The number of halogens is 18. The van der Waals surface area contributed by atoms with E-state index < -0.39 is 78.9 Å². The van der Waals surface area contributed by atoms with Gasteiger partial charge >= 0.3 is 46.8 Å². The lowest BCUT2D eigenvalue weighted by molar-refractivity contribution is -0.446. The second-order valence-electron chi connectivity index (χ2n) is 8.27. The Bertz CT molecular complexity index is 1080. The van der Waals surface area contributed by atoms with Crippen LogP contribution in [0.2, 0.25) is 5.02 Å². The molecule has 1 aliphatic rings. The number of benzene rings is 1. The summed E-state index contributed by atoms with van der Waals surface area (Å²) in [4.78, 5) is 13.0. The van der Waals surface area contributed by atoms with Crippen LogP contribution in [0, 0.1) is 0 Å². The Morgan fingerprint density at radius 3 is 1.30 bits per heavy atom. The fourth-order valence-corrected chi connectivity index (χ4v) is 3.56. The van der Waals surface area contributed by atoms with Crippen molar-refractivity contribution < 1.29 is 75.0 Å². The van der Waals surface area contributed by atoms with E-state index >= 15 is 0 Å². The van der Waals surface area contributed by atoms with Crippen molar-refractivity contribution in [2.24, 2.45) is 0 Å². The average Bonchev–Trinajstić information content (AvgIpc) is 2.82. The van der Waals surface area contributed by atoms with Gasteiger partial charge in [-0.15, -0.1) is 0 Å².